The lowest BCUT2D eigenvalue weighted by molar-refractivity contribution is 0.139. The van der Waals surface area contributed by atoms with Crippen molar-refractivity contribution >= 4 is 12.4 Å². The number of nitrogens with zero attached hydrogens (tertiary/aromatic N) is 1. The van der Waals surface area contributed by atoms with Gasteiger partial charge in [0.05, 0.1) is 6.04 Å². The van der Waals surface area contributed by atoms with Crippen molar-refractivity contribution in [2.45, 2.75) is 6.04 Å². The van der Waals surface area contributed by atoms with Crippen molar-refractivity contribution in [2.24, 2.45) is 0 Å². The minimum atomic E-state index is -2.23. The minimum absolute atomic E-state index is 0. The SMILES string of the molecule is Cl.FC[C@H](c1c(F)c(F)c(F)c(F)c1F)N1CCNCC1. The molecule has 1 aromatic rings. The number of hydrogen-bond donors (Lipinski definition) is 1. The standard InChI is InChI=1S/C12H12F6N2.ClH/c13-5-6(20-3-1-19-2-4-20)7-8(14)10(16)12(18)11(17)9(7)15;/h6,19H,1-5H2;1H/t6-;/m1./s1. The third-order valence-electron chi connectivity index (χ3n) is 3.32. The lowest BCUT2D eigenvalue weighted by Gasteiger charge is -2.33. The molecule has 0 spiro atoms. The Morgan fingerprint density at radius 2 is 1.29 bits per heavy atom. The number of hydrogen-bond acceptors (Lipinski definition) is 2. The van der Waals surface area contributed by atoms with E-state index in [1.54, 1.807) is 0 Å². The fraction of sp³-hybridized carbons (Fsp3) is 0.500. The summed E-state index contributed by atoms with van der Waals surface area (Å²) in [5, 5.41) is 2.95. The van der Waals surface area contributed by atoms with Gasteiger partial charge in [-0.05, 0) is 0 Å². The highest BCUT2D eigenvalue weighted by molar-refractivity contribution is 5.85. The zero-order valence-electron chi connectivity index (χ0n) is 10.7. The molecule has 120 valence electrons. The van der Waals surface area contributed by atoms with Gasteiger partial charge in [-0.25, -0.2) is 26.3 Å². The molecule has 2 nitrogen and oxygen atoms in total. The molecule has 21 heavy (non-hydrogen) atoms. The molecule has 1 fully saturated rings. The summed E-state index contributed by atoms with van der Waals surface area (Å²) in [6.07, 6.45) is 0. The Hall–Kier alpha value is -0.990. The van der Waals surface area contributed by atoms with Gasteiger partial charge in [0, 0.05) is 31.7 Å². The van der Waals surface area contributed by atoms with Crippen molar-refractivity contribution in [1.82, 2.24) is 10.2 Å². The van der Waals surface area contributed by atoms with Crippen LogP contribution < -0.4 is 5.32 Å². The van der Waals surface area contributed by atoms with Gasteiger partial charge in [0.1, 0.15) is 6.67 Å². The number of alkyl halides is 1. The number of halogens is 7. The molecule has 1 saturated heterocycles. The largest absolute Gasteiger partial charge is 0.314 e. The molecule has 1 aliphatic heterocycles. The van der Waals surface area contributed by atoms with E-state index in [9.17, 15) is 26.3 Å². The highest BCUT2D eigenvalue weighted by atomic mass is 35.5. The summed E-state index contributed by atoms with van der Waals surface area (Å²) in [6, 6.07) is -1.48. The van der Waals surface area contributed by atoms with Gasteiger partial charge in [-0.2, -0.15) is 0 Å². The first-order valence-electron chi connectivity index (χ1n) is 6.01. The first-order valence-corrected chi connectivity index (χ1v) is 6.01. The van der Waals surface area contributed by atoms with Gasteiger partial charge in [-0.1, -0.05) is 0 Å². The van der Waals surface area contributed by atoms with Crippen LogP contribution in [0.2, 0.25) is 0 Å². The summed E-state index contributed by atoms with van der Waals surface area (Å²) in [6.45, 7) is 0.179. The predicted octanol–water partition coefficient (Wildman–Crippen LogP) is 2.72. The number of piperazine rings is 1. The average molecular weight is 335 g/mol. The van der Waals surface area contributed by atoms with Crippen LogP contribution in [0.25, 0.3) is 0 Å². The van der Waals surface area contributed by atoms with Gasteiger partial charge in [-0.3, -0.25) is 4.90 Å². The molecule has 9 heteroatoms. The van der Waals surface area contributed by atoms with Crippen molar-refractivity contribution in [3.63, 3.8) is 0 Å². The fourth-order valence-corrected chi connectivity index (χ4v) is 2.27. The molecule has 1 heterocycles. The summed E-state index contributed by atoms with van der Waals surface area (Å²) in [7, 11) is 0. The van der Waals surface area contributed by atoms with E-state index in [0.717, 1.165) is 0 Å². The molecule has 2 rings (SSSR count). The van der Waals surface area contributed by atoms with E-state index in [2.05, 4.69) is 5.32 Å². The molecule has 1 aromatic carbocycles. The average Bonchev–Trinajstić information content (AvgIpc) is 2.48. The second-order valence-corrected chi connectivity index (χ2v) is 4.44. The highest BCUT2D eigenvalue weighted by Gasteiger charge is 2.33. The molecule has 1 N–H and O–H groups in total. The van der Waals surface area contributed by atoms with Gasteiger partial charge in [0.25, 0.3) is 0 Å². The Bertz CT molecular complexity index is 478. The maximum atomic E-state index is 13.7. The third-order valence-corrected chi connectivity index (χ3v) is 3.32. The molecular formula is C12H13ClF6N2. The maximum absolute atomic E-state index is 13.7. The van der Waals surface area contributed by atoms with E-state index in [4.69, 9.17) is 0 Å². The van der Waals surface area contributed by atoms with Crippen molar-refractivity contribution in [3.8, 4) is 0 Å². The molecule has 0 aliphatic carbocycles. The normalized spacial score (nSPS) is 17.4. The molecule has 0 unspecified atom stereocenters. The van der Waals surface area contributed by atoms with Crippen LogP contribution in [0.5, 0.6) is 0 Å². The van der Waals surface area contributed by atoms with E-state index in [-0.39, 0.29) is 25.5 Å². The van der Waals surface area contributed by atoms with Crippen LogP contribution in [0, 0.1) is 29.1 Å². The molecule has 1 aliphatic rings. The summed E-state index contributed by atoms with van der Waals surface area (Å²) in [5.41, 5.74) is -1.11. The van der Waals surface area contributed by atoms with Crippen LogP contribution in [0.4, 0.5) is 26.3 Å². The highest BCUT2D eigenvalue weighted by Crippen LogP contribution is 2.31. The molecule has 0 amide bonds. The van der Waals surface area contributed by atoms with Gasteiger partial charge < -0.3 is 5.32 Å². The van der Waals surface area contributed by atoms with Crippen molar-refractivity contribution in [2.75, 3.05) is 32.9 Å². The van der Waals surface area contributed by atoms with Crippen LogP contribution in [-0.2, 0) is 0 Å². The number of benzene rings is 1. The van der Waals surface area contributed by atoms with Gasteiger partial charge in [-0.15, -0.1) is 12.4 Å². The Labute approximate surface area is 123 Å². The monoisotopic (exact) mass is 334 g/mol. The lowest BCUT2D eigenvalue weighted by atomic mass is 10.0. The first-order chi connectivity index (χ1) is 9.49. The summed E-state index contributed by atoms with van der Waals surface area (Å²) in [5.74, 6) is -10.3. The topological polar surface area (TPSA) is 15.3 Å². The Morgan fingerprint density at radius 1 is 0.857 bits per heavy atom. The summed E-state index contributed by atoms with van der Waals surface area (Å²) < 4.78 is 79.7. The van der Waals surface area contributed by atoms with Crippen LogP contribution in [0.1, 0.15) is 11.6 Å². The minimum Gasteiger partial charge on any atom is -0.314 e. The Balaban J connectivity index is 0.00000220. The van der Waals surface area contributed by atoms with Crippen LogP contribution >= 0.6 is 12.4 Å². The summed E-state index contributed by atoms with van der Waals surface area (Å²) >= 11 is 0. The second-order valence-electron chi connectivity index (χ2n) is 4.44. The third kappa shape index (κ3) is 3.27. The quantitative estimate of drug-likeness (QED) is 0.519. The van der Waals surface area contributed by atoms with Gasteiger partial charge in [0.2, 0.25) is 5.82 Å². The predicted molar refractivity (Wildman–Crippen MR) is 66.6 cm³/mol. The molecular weight excluding hydrogens is 322 g/mol. The first kappa shape index (κ1) is 18.1. The van der Waals surface area contributed by atoms with Gasteiger partial charge >= 0.3 is 0 Å². The van der Waals surface area contributed by atoms with Crippen LogP contribution in [0.3, 0.4) is 0 Å². The van der Waals surface area contributed by atoms with E-state index < -0.39 is 47.4 Å². The smallest absolute Gasteiger partial charge is 0.200 e. The van der Waals surface area contributed by atoms with Crippen molar-refractivity contribution in [1.29, 1.82) is 0 Å². The van der Waals surface area contributed by atoms with Crippen LogP contribution in [0.15, 0.2) is 0 Å². The number of rotatable bonds is 3. The Morgan fingerprint density at radius 3 is 1.71 bits per heavy atom. The number of nitrogens with one attached hydrogen (secondary N) is 1. The van der Waals surface area contributed by atoms with Crippen LogP contribution in [-0.4, -0.2) is 37.8 Å². The Kier molecular flexibility index (Phi) is 6.30. The second kappa shape index (κ2) is 7.33. The van der Waals surface area contributed by atoms with Crippen molar-refractivity contribution < 1.29 is 26.3 Å². The van der Waals surface area contributed by atoms with Crippen molar-refractivity contribution in [3.05, 3.63) is 34.6 Å². The van der Waals surface area contributed by atoms with E-state index in [1.807, 2.05) is 0 Å². The maximum Gasteiger partial charge on any atom is 0.200 e. The molecule has 0 saturated carbocycles. The lowest BCUT2D eigenvalue weighted by Crippen LogP contribution is -2.46. The van der Waals surface area contributed by atoms with E-state index >= 15 is 0 Å². The zero-order valence-corrected chi connectivity index (χ0v) is 11.6. The zero-order chi connectivity index (χ0) is 14.9. The van der Waals surface area contributed by atoms with E-state index in [1.165, 1.54) is 4.90 Å². The molecule has 0 radical (unpaired) electrons. The molecule has 0 aromatic heterocycles. The summed E-state index contributed by atoms with van der Waals surface area (Å²) in [4.78, 5) is 1.36. The van der Waals surface area contributed by atoms with E-state index in [0.29, 0.717) is 13.1 Å². The van der Waals surface area contributed by atoms with Gasteiger partial charge in [0.15, 0.2) is 23.3 Å². The fourth-order valence-electron chi connectivity index (χ4n) is 2.27. The molecule has 0 bridgehead atoms. The molecule has 1 atom stereocenters.